The number of ether oxygens (including phenoxy) is 1. The van der Waals surface area contributed by atoms with Crippen LogP contribution in [0.3, 0.4) is 0 Å². The monoisotopic (exact) mass is 307 g/mol. The summed E-state index contributed by atoms with van der Waals surface area (Å²) in [6.07, 6.45) is 2.34. The first kappa shape index (κ1) is 12.8. The van der Waals surface area contributed by atoms with Crippen molar-refractivity contribution in [3.8, 4) is 5.75 Å². The third-order valence-electron chi connectivity index (χ3n) is 2.62. The maximum Gasteiger partial charge on any atom is 0.129 e. The summed E-state index contributed by atoms with van der Waals surface area (Å²) in [6, 6.07) is 5.76. The number of rotatable bonds is 1. The molecule has 18 heavy (non-hydrogen) atoms. The zero-order valence-corrected chi connectivity index (χ0v) is 11.6. The molecular weight excluding hydrogens is 294 g/mol. The summed E-state index contributed by atoms with van der Waals surface area (Å²) in [6.45, 7) is 2.19. The highest BCUT2D eigenvalue weighted by Crippen LogP contribution is 2.31. The first-order valence-corrected chi connectivity index (χ1v) is 6.38. The van der Waals surface area contributed by atoms with Gasteiger partial charge in [0, 0.05) is 28.4 Å². The predicted molar refractivity (Wildman–Crippen MR) is 77.3 cm³/mol. The fraction of sp³-hybridized carbons (Fsp3) is 0.231. The number of nitrogens with one attached hydrogen (secondary N) is 1. The van der Waals surface area contributed by atoms with E-state index >= 15 is 0 Å². The van der Waals surface area contributed by atoms with Gasteiger partial charge in [-0.1, -0.05) is 15.9 Å². The van der Waals surface area contributed by atoms with Gasteiger partial charge >= 0.3 is 0 Å². The molecule has 0 atom stereocenters. The van der Waals surface area contributed by atoms with Crippen LogP contribution in [0.1, 0.15) is 18.9 Å². The van der Waals surface area contributed by atoms with Gasteiger partial charge in [-0.05, 0) is 30.7 Å². The number of aliphatic imine (C=N–C) groups is 1. The van der Waals surface area contributed by atoms with E-state index in [9.17, 15) is 0 Å². The van der Waals surface area contributed by atoms with E-state index in [0.717, 1.165) is 21.4 Å². The van der Waals surface area contributed by atoms with Crippen molar-refractivity contribution in [1.82, 2.24) is 0 Å². The number of fused-ring (bicyclic) bond motifs is 1. The van der Waals surface area contributed by atoms with E-state index in [1.54, 1.807) is 13.1 Å². The van der Waals surface area contributed by atoms with Crippen molar-refractivity contribution in [2.75, 3.05) is 6.61 Å². The standard InChI is InChI=1S/C13H14BrN3O/c1-8(15)17-7-9-4-5-18-12-6-10(14)2-3-11(12)13(9)16/h2-3,6-7,15H,4-5,16H2,1H3. The number of benzene rings is 1. The Balaban J connectivity index is 2.45. The third-order valence-corrected chi connectivity index (χ3v) is 3.12. The summed E-state index contributed by atoms with van der Waals surface area (Å²) in [4.78, 5) is 3.99. The van der Waals surface area contributed by atoms with Crippen LogP contribution in [0, 0.1) is 5.41 Å². The molecule has 0 amide bonds. The molecule has 5 heteroatoms. The van der Waals surface area contributed by atoms with Crippen LogP contribution in [0.2, 0.25) is 0 Å². The number of halogens is 1. The molecule has 0 aliphatic carbocycles. The molecule has 1 aromatic rings. The van der Waals surface area contributed by atoms with E-state index in [4.69, 9.17) is 15.9 Å². The molecule has 0 unspecified atom stereocenters. The minimum Gasteiger partial charge on any atom is -0.492 e. The molecule has 0 fully saturated rings. The van der Waals surface area contributed by atoms with E-state index < -0.39 is 0 Å². The van der Waals surface area contributed by atoms with Gasteiger partial charge < -0.3 is 10.5 Å². The van der Waals surface area contributed by atoms with Gasteiger partial charge in [0.15, 0.2) is 0 Å². The molecule has 94 valence electrons. The maximum atomic E-state index is 7.31. The molecule has 1 aliphatic rings. The summed E-state index contributed by atoms with van der Waals surface area (Å²) < 4.78 is 6.63. The lowest BCUT2D eigenvalue weighted by Crippen LogP contribution is -2.02. The van der Waals surface area contributed by atoms with E-state index in [-0.39, 0.29) is 5.84 Å². The number of amidine groups is 1. The van der Waals surface area contributed by atoms with Crippen molar-refractivity contribution < 1.29 is 4.74 Å². The Morgan fingerprint density at radius 1 is 1.56 bits per heavy atom. The summed E-state index contributed by atoms with van der Waals surface area (Å²) >= 11 is 3.41. The SMILES string of the molecule is CC(=N)N=CC1=C(N)c2ccc(Br)cc2OCC1. The van der Waals surface area contributed by atoms with Crippen LogP contribution in [-0.2, 0) is 0 Å². The summed E-state index contributed by atoms with van der Waals surface area (Å²) in [5.74, 6) is 1.04. The molecule has 1 heterocycles. The molecule has 0 spiro atoms. The van der Waals surface area contributed by atoms with Gasteiger partial charge in [-0.3, -0.25) is 5.41 Å². The van der Waals surface area contributed by atoms with Crippen LogP contribution in [0.5, 0.6) is 5.75 Å². The van der Waals surface area contributed by atoms with Gasteiger partial charge in [-0.15, -0.1) is 0 Å². The van der Waals surface area contributed by atoms with Crippen LogP contribution in [0.4, 0.5) is 0 Å². The van der Waals surface area contributed by atoms with Gasteiger partial charge in [0.1, 0.15) is 11.6 Å². The van der Waals surface area contributed by atoms with Crippen LogP contribution in [0.15, 0.2) is 33.2 Å². The van der Waals surface area contributed by atoms with E-state index in [0.29, 0.717) is 18.7 Å². The van der Waals surface area contributed by atoms with Crippen molar-refractivity contribution in [2.24, 2.45) is 10.7 Å². The Kier molecular flexibility index (Phi) is 3.81. The number of nitrogens with zero attached hydrogens (tertiary/aromatic N) is 1. The fourth-order valence-electron chi connectivity index (χ4n) is 1.73. The lowest BCUT2D eigenvalue weighted by atomic mass is 10.1. The van der Waals surface area contributed by atoms with E-state index in [2.05, 4.69) is 20.9 Å². The lowest BCUT2D eigenvalue weighted by molar-refractivity contribution is 0.325. The Morgan fingerprint density at radius 2 is 2.33 bits per heavy atom. The van der Waals surface area contributed by atoms with E-state index in [1.165, 1.54) is 0 Å². The molecule has 2 rings (SSSR count). The fourth-order valence-corrected chi connectivity index (χ4v) is 2.07. The summed E-state index contributed by atoms with van der Waals surface area (Å²) in [5, 5.41) is 7.31. The van der Waals surface area contributed by atoms with Crippen LogP contribution in [0.25, 0.3) is 5.70 Å². The largest absolute Gasteiger partial charge is 0.492 e. The zero-order valence-electron chi connectivity index (χ0n) is 10.0. The van der Waals surface area contributed by atoms with Crippen LogP contribution >= 0.6 is 15.9 Å². The van der Waals surface area contributed by atoms with Crippen LogP contribution < -0.4 is 10.5 Å². The van der Waals surface area contributed by atoms with Gasteiger partial charge in [-0.2, -0.15) is 0 Å². The molecule has 0 aromatic heterocycles. The second-order valence-corrected chi connectivity index (χ2v) is 4.94. The van der Waals surface area contributed by atoms with Crippen molar-refractivity contribution >= 4 is 33.7 Å². The smallest absolute Gasteiger partial charge is 0.129 e. The Hall–Kier alpha value is -1.62. The summed E-state index contributed by atoms with van der Waals surface area (Å²) in [7, 11) is 0. The Bertz CT molecular complexity index is 549. The molecule has 0 radical (unpaired) electrons. The number of nitrogens with two attached hydrogens (primary N) is 1. The molecule has 1 aliphatic heterocycles. The third kappa shape index (κ3) is 2.79. The first-order valence-electron chi connectivity index (χ1n) is 5.58. The summed E-state index contributed by atoms with van der Waals surface area (Å²) in [5.41, 5.74) is 8.60. The topological polar surface area (TPSA) is 71.5 Å². The Labute approximate surface area is 114 Å². The molecule has 3 N–H and O–H groups in total. The van der Waals surface area contributed by atoms with Crippen molar-refractivity contribution in [2.45, 2.75) is 13.3 Å². The Morgan fingerprint density at radius 3 is 3.06 bits per heavy atom. The zero-order chi connectivity index (χ0) is 13.1. The highest BCUT2D eigenvalue weighted by molar-refractivity contribution is 9.10. The van der Waals surface area contributed by atoms with Crippen molar-refractivity contribution in [1.29, 1.82) is 5.41 Å². The molecule has 0 bridgehead atoms. The van der Waals surface area contributed by atoms with E-state index in [1.807, 2.05) is 18.2 Å². The average molecular weight is 308 g/mol. The average Bonchev–Trinajstić information content (AvgIpc) is 2.46. The molecule has 1 aromatic carbocycles. The van der Waals surface area contributed by atoms with Gasteiger partial charge in [0.2, 0.25) is 0 Å². The normalized spacial score (nSPS) is 15.2. The van der Waals surface area contributed by atoms with Crippen LogP contribution in [-0.4, -0.2) is 18.7 Å². The van der Waals surface area contributed by atoms with Gasteiger partial charge in [0.25, 0.3) is 0 Å². The molecular formula is C13H14BrN3O. The highest BCUT2D eigenvalue weighted by Gasteiger charge is 2.15. The molecule has 0 saturated carbocycles. The van der Waals surface area contributed by atoms with Crippen molar-refractivity contribution in [3.63, 3.8) is 0 Å². The second kappa shape index (κ2) is 5.35. The first-order chi connectivity index (χ1) is 8.58. The second-order valence-electron chi connectivity index (χ2n) is 4.02. The highest BCUT2D eigenvalue weighted by atomic mass is 79.9. The minimum atomic E-state index is 0.261. The number of hydrogen-bond acceptors (Lipinski definition) is 3. The lowest BCUT2D eigenvalue weighted by Gasteiger charge is -2.08. The van der Waals surface area contributed by atoms with Gasteiger partial charge in [0.05, 0.1) is 6.61 Å². The van der Waals surface area contributed by atoms with Gasteiger partial charge in [-0.25, -0.2) is 4.99 Å². The number of hydrogen-bond donors (Lipinski definition) is 2. The predicted octanol–water partition coefficient (Wildman–Crippen LogP) is 2.97. The maximum absolute atomic E-state index is 7.31. The minimum absolute atomic E-state index is 0.261. The quantitative estimate of drug-likeness (QED) is 0.618. The molecule has 4 nitrogen and oxygen atoms in total. The molecule has 0 saturated heterocycles. The van der Waals surface area contributed by atoms with Crippen molar-refractivity contribution in [3.05, 3.63) is 33.8 Å².